The number of aromatic nitrogens is 1. The summed E-state index contributed by atoms with van der Waals surface area (Å²) in [6, 6.07) is 35.8. The zero-order valence-corrected chi connectivity index (χ0v) is 18.5. The third kappa shape index (κ3) is 3.38. The van der Waals surface area contributed by atoms with Crippen molar-refractivity contribution in [2.75, 3.05) is 0 Å². The Bertz CT molecular complexity index is 1670. The van der Waals surface area contributed by atoms with E-state index in [9.17, 15) is 5.26 Å². The average molecular weight is 439 g/mol. The number of thiazole rings is 1. The molecule has 3 heteroatoms. The fraction of sp³-hybridized carbons (Fsp3) is 0. The summed E-state index contributed by atoms with van der Waals surface area (Å²) in [7, 11) is 0. The van der Waals surface area contributed by atoms with Crippen LogP contribution in [0.2, 0.25) is 0 Å². The summed E-state index contributed by atoms with van der Waals surface area (Å²) in [6.07, 6.45) is 2.00. The topological polar surface area (TPSA) is 36.7 Å². The van der Waals surface area contributed by atoms with Crippen LogP contribution >= 0.6 is 11.3 Å². The van der Waals surface area contributed by atoms with E-state index in [1.165, 1.54) is 22.1 Å². The summed E-state index contributed by atoms with van der Waals surface area (Å²) < 4.78 is 0. The Morgan fingerprint density at radius 1 is 0.727 bits per heavy atom. The first kappa shape index (κ1) is 19.4. The van der Waals surface area contributed by atoms with E-state index in [1.54, 1.807) is 0 Å². The SMILES string of the molecule is N#C/C(=C\c1c2ccccc2cc2ccccc12)c1nc(-c2cccc3ccccc23)cs1. The molecule has 1 heterocycles. The van der Waals surface area contributed by atoms with Crippen molar-refractivity contribution in [3.05, 3.63) is 113 Å². The number of hydrogen-bond donors (Lipinski definition) is 0. The molecular weight excluding hydrogens is 420 g/mol. The normalized spacial score (nSPS) is 11.8. The first-order chi connectivity index (χ1) is 16.3. The van der Waals surface area contributed by atoms with Crippen molar-refractivity contribution in [3.63, 3.8) is 0 Å². The smallest absolute Gasteiger partial charge is 0.134 e. The first-order valence-corrected chi connectivity index (χ1v) is 11.7. The van der Waals surface area contributed by atoms with Gasteiger partial charge in [0, 0.05) is 10.9 Å². The van der Waals surface area contributed by atoms with E-state index in [2.05, 4.69) is 66.7 Å². The molecule has 2 nitrogen and oxygen atoms in total. The lowest BCUT2D eigenvalue weighted by Crippen LogP contribution is -1.87. The molecule has 0 saturated heterocycles. The lowest BCUT2D eigenvalue weighted by Gasteiger charge is -2.09. The summed E-state index contributed by atoms with van der Waals surface area (Å²) in [6.45, 7) is 0. The van der Waals surface area contributed by atoms with Gasteiger partial charge in [-0.25, -0.2) is 4.98 Å². The molecule has 0 aliphatic heterocycles. The molecule has 0 aliphatic carbocycles. The van der Waals surface area contributed by atoms with E-state index in [-0.39, 0.29) is 0 Å². The average Bonchev–Trinajstić information content (AvgIpc) is 3.36. The number of nitriles is 1. The minimum Gasteiger partial charge on any atom is -0.235 e. The van der Waals surface area contributed by atoms with Gasteiger partial charge in [-0.1, -0.05) is 91.0 Å². The standard InChI is InChI=1S/C30H18N2S/c31-18-23(17-28-25-13-5-2-9-21(25)16-22-10-3-6-14-26(22)28)30-32-29(19-33-30)27-15-7-11-20-8-1-4-12-24(20)27/h1-17,19H/b23-17+. The second kappa shape index (κ2) is 8.02. The summed E-state index contributed by atoms with van der Waals surface area (Å²) in [5.41, 5.74) is 3.62. The molecule has 1 aromatic heterocycles. The summed E-state index contributed by atoms with van der Waals surface area (Å²) in [5.74, 6) is 0. The van der Waals surface area contributed by atoms with Gasteiger partial charge in [0.05, 0.1) is 11.3 Å². The van der Waals surface area contributed by atoms with Gasteiger partial charge >= 0.3 is 0 Å². The largest absolute Gasteiger partial charge is 0.235 e. The molecule has 0 saturated carbocycles. The van der Waals surface area contributed by atoms with E-state index < -0.39 is 0 Å². The maximum Gasteiger partial charge on any atom is 0.134 e. The molecule has 33 heavy (non-hydrogen) atoms. The van der Waals surface area contributed by atoms with Crippen LogP contribution in [-0.4, -0.2) is 4.98 Å². The highest BCUT2D eigenvalue weighted by Crippen LogP contribution is 2.34. The quantitative estimate of drug-likeness (QED) is 0.206. The van der Waals surface area contributed by atoms with Gasteiger partial charge in [0.15, 0.2) is 0 Å². The van der Waals surface area contributed by atoms with Crippen LogP contribution in [0.25, 0.3) is 55.2 Å². The van der Waals surface area contributed by atoms with E-state index in [0.29, 0.717) is 5.57 Å². The molecule has 0 bridgehead atoms. The molecule has 5 aromatic carbocycles. The fourth-order valence-electron chi connectivity index (χ4n) is 4.46. The molecule has 154 valence electrons. The molecular formula is C30H18N2S. The van der Waals surface area contributed by atoms with Crippen LogP contribution in [0.4, 0.5) is 0 Å². The molecule has 0 fully saturated rings. The van der Waals surface area contributed by atoms with Crippen LogP contribution < -0.4 is 0 Å². The maximum absolute atomic E-state index is 10.1. The van der Waals surface area contributed by atoms with E-state index in [0.717, 1.165) is 43.4 Å². The highest BCUT2D eigenvalue weighted by atomic mass is 32.1. The highest BCUT2D eigenvalue weighted by molar-refractivity contribution is 7.11. The lowest BCUT2D eigenvalue weighted by molar-refractivity contribution is 1.38. The van der Waals surface area contributed by atoms with Crippen LogP contribution in [0.5, 0.6) is 0 Å². The highest BCUT2D eigenvalue weighted by Gasteiger charge is 2.13. The fourth-order valence-corrected chi connectivity index (χ4v) is 5.25. The Morgan fingerprint density at radius 3 is 2.03 bits per heavy atom. The Hall–Kier alpha value is -4.26. The zero-order valence-electron chi connectivity index (χ0n) is 17.7. The summed E-state index contributed by atoms with van der Waals surface area (Å²) >= 11 is 1.51. The van der Waals surface area contributed by atoms with Gasteiger partial charge < -0.3 is 0 Å². The third-order valence-electron chi connectivity index (χ3n) is 6.02. The Labute approximate surface area is 195 Å². The molecule has 0 spiro atoms. The molecule has 0 unspecified atom stereocenters. The number of fused-ring (bicyclic) bond motifs is 3. The molecule has 0 N–H and O–H groups in total. The van der Waals surface area contributed by atoms with E-state index in [4.69, 9.17) is 4.98 Å². The van der Waals surface area contributed by atoms with Crippen molar-refractivity contribution in [3.8, 4) is 17.3 Å². The van der Waals surface area contributed by atoms with Crippen LogP contribution in [0.15, 0.2) is 102 Å². The van der Waals surface area contributed by atoms with Gasteiger partial charge in [0.25, 0.3) is 0 Å². The van der Waals surface area contributed by atoms with Crippen molar-refractivity contribution in [2.24, 2.45) is 0 Å². The van der Waals surface area contributed by atoms with Crippen LogP contribution in [0.3, 0.4) is 0 Å². The van der Waals surface area contributed by atoms with Crippen molar-refractivity contribution in [1.29, 1.82) is 5.26 Å². The van der Waals surface area contributed by atoms with Gasteiger partial charge in [0.1, 0.15) is 11.1 Å². The van der Waals surface area contributed by atoms with E-state index in [1.807, 2.05) is 47.9 Å². The maximum atomic E-state index is 10.1. The predicted octanol–water partition coefficient (Wildman–Crippen LogP) is 8.33. The number of hydrogen-bond acceptors (Lipinski definition) is 3. The van der Waals surface area contributed by atoms with Gasteiger partial charge in [-0.05, 0) is 50.0 Å². The van der Waals surface area contributed by atoms with Gasteiger partial charge in [-0.15, -0.1) is 11.3 Å². The van der Waals surface area contributed by atoms with E-state index >= 15 is 0 Å². The van der Waals surface area contributed by atoms with Crippen LogP contribution in [0.1, 0.15) is 10.6 Å². The second-order valence-corrected chi connectivity index (χ2v) is 8.83. The Balaban J connectivity index is 1.53. The van der Waals surface area contributed by atoms with Crippen molar-refractivity contribution in [2.45, 2.75) is 0 Å². The zero-order chi connectivity index (χ0) is 22.2. The predicted molar refractivity (Wildman–Crippen MR) is 140 cm³/mol. The first-order valence-electron chi connectivity index (χ1n) is 10.8. The molecule has 0 amide bonds. The Morgan fingerprint density at radius 2 is 1.33 bits per heavy atom. The van der Waals surface area contributed by atoms with Crippen LogP contribution in [0, 0.1) is 11.3 Å². The molecule has 0 radical (unpaired) electrons. The number of nitrogens with zero attached hydrogens (tertiary/aromatic N) is 2. The second-order valence-electron chi connectivity index (χ2n) is 7.97. The molecule has 6 aromatic rings. The lowest BCUT2D eigenvalue weighted by atomic mass is 9.95. The summed E-state index contributed by atoms with van der Waals surface area (Å²) in [5, 5.41) is 19.8. The van der Waals surface area contributed by atoms with Crippen LogP contribution in [-0.2, 0) is 0 Å². The minimum absolute atomic E-state index is 0.577. The number of benzene rings is 5. The molecule has 0 aliphatic rings. The van der Waals surface area contributed by atoms with Gasteiger partial charge in [-0.3, -0.25) is 0 Å². The van der Waals surface area contributed by atoms with Crippen molar-refractivity contribution >= 4 is 55.3 Å². The van der Waals surface area contributed by atoms with Gasteiger partial charge in [-0.2, -0.15) is 5.26 Å². The monoisotopic (exact) mass is 438 g/mol. The number of rotatable bonds is 3. The van der Waals surface area contributed by atoms with Crippen molar-refractivity contribution in [1.82, 2.24) is 4.98 Å². The molecule has 0 atom stereocenters. The number of allylic oxidation sites excluding steroid dienone is 1. The minimum atomic E-state index is 0.577. The summed E-state index contributed by atoms with van der Waals surface area (Å²) in [4.78, 5) is 4.89. The molecule has 6 rings (SSSR count). The van der Waals surface area contributed by atoms with Gasteiger partial charge in [0.2, 0.25) is 0 Å². The Kier molecular flexibility index (Phi) is 4.72. The third-order valence-corrected chi connectivity index (χ3v) is 6.90. The van der Waals surface area contributed by atoms with Crippen molar-refractivity contribution < 1.29 is 0 Å².